The molecule has 1 fully saturated rings. The van der Waals surface area contributed by atoms with Gasteiger partial charge in [0.2, 0.25) is 5.82 Å². The lowest BCUT2D eigenvalue weighted by atomic mass is 10.2. The second-order valence-electron chi connectivity index (χ2n) is 6.39. The van der Waals surface area contributed by atoms with Crippen molar-refractivity contribution in [1.82, 2.24) is 14.7 Å². The topological polar surface area (TPSA) is 114 Å². The van der Waals surface area contributed by atoms with E-state index in [9.17, 15) is 20.0 Å². The average Bonchev–Trinajstić information content (AvgIpc) is 3.05. The Morgan fingerprint density at radius 3 is 2.63 bits per heavy atom. The van der Waals surface area contributed by atoms with Crippen molar-refractivity contribution in [2.75, 3.05) is 31.6 Å². The molecule has 3 rings (SSSR count). The van der Waals surface area contributed by atoms with E-state index < -0.39 is 11.0 Å². The average molecular weight is 375 g/mol. The Labute approximate surface area is 155 Å². The van der Waals surface area contributed by atoms with Gasteiger partial charge in [0.15, 0.2) is 0 Å². The Balaban J connectivity index is 1.90. The Bertz CT molecular complexity index is 835. The van der Waals surface area contributed by atoms with Gasteiger partial charge in [0.1, 0.15) is 11.9 Å². The summed E-state index contributed by atoms with van der Waals surface area (Å²) in [7, 11) is 1.59. The van der Waals surface area contributed by atoms with E-state index in [4.69, 9.17) is 4.74 Å². The minimum atomic E-state index is -0.984. The normalized spacial score (nSPS) is 17.0. The zero-order valence-corrected chi connectivity index (χ0v) is 15.1. The third kappa shape index (κ3) is 3.78. The van der Waals surface area contributed by atoms with Crippen LogP contribution in [0.25, 0.3) is 0 Å². The smallest absolute Gasteiger partial charge is 0.407 e. The van der Waals surface area contributed by atoms with Gasteiger partial charge in [-0.25, -0.2) is 9.48 Å². The summed E-state index contributed by atoms with van der Waals surface area (Å²) in [5, 5.41) is 24.9. The van der Waals surface area contributed by atoms with Gasteiger partial charge in [-0.2, -0.15) is 5.10 Å². The molecule has 2 heterocycles. The van der Waals surface area contributed by atoms with Gasteiger partial charge in [0, 0.05) is 25.7 Å². The number of piperazine rings is 1. The predicted octanol–water partition coefficient (Wildman–Crippen LogP) is 2.04. The molecule has 1 amide bonds. The lowest BCUT2D eigenvalue weighted by Crippen LogP contribution is -2.54. The Hall–Kier alpha value is -3.30. The first-order chi connectivity index (χ1) is 12.9. The number of nitrogens with zero attached hydrogens (tertiary/aromatic N) is 5. The number of benzene rings is 1. The summed E-state index contributed by atoms with van der Waals surface area (Å²) in [6.07, 6.45) is 0.262. The molecular weight excluding hydrogens is 354 g/mol. The number of aromatic nitrogens is 2. The van der Waals surface area contributed by atoms with E-state index in [1.807, 2.05) is 36.1 Å². The lowest BCUT2D eigenvalue weighted by molar-refractivity contribution is -0.384. The molecule has 0 unspecified atom stereocenters. The number of ether oxygens (including phenoxy) is 1. The number of hydrogen-bond acceptors (Lipinski definition) is 6. The Kier molecular flexibility index (Phi) is 5.15. The van der Waals surface area contributed by atoms with Gasteiger partial charge in [0.05, 0.1) is 18.6 Å². The number of amides is 1. The second kappa shape index (κ2) is 7.52. The van der Waals surface area contributed by atoms with Crippen molar-refractivity contribution < 1.29 is 19.6 Å². The molecule has 10 heteroatoms. The van der Waals surface area contributed by atoms with E-state index in [1.54, 1.807) is 11.8 Å². The summed E-state index contributed by atoms with van der Waals surface area (Å²) >= 11 is 0. The van der Waals surface area contributed by atoms with Crippen LogP contribution in [0.1, 0.15) is 12.5 Å². The molecule has 2 aromatic rings. The van der Waals surface area contributed by atoms with E-state index in [2.05, 4.69) is 5.10 Å². The van der Waals surface area contributed by atoms with Gasteiger partial charge >= 0.3 is 11.8 Å². The maximum Gasteiger partial charge on any atom is 0.407 e. The Morgan fingerprint density at radius 2 is 2.07 bits per heavy atom. The maximum atomic E-state index is 11.5. The molecule has 1 aromatic heterocycles. The molecular formula is C17H21N5O5. The van der Waals surface area contributed by atoms with Crippen molar-refractivity contribution in [3.8, 4) is 5.75 Å². The predicted molar refractivity (Wildman–Crippen MR) is 97.4 cm³/mol. The fraction of sp³-hybridized carbons (Fsp3) is 0.412. The lowest BCUT2D eigenvalue weighted by Gasteiger charge is -2.39. The zero-order chi connectivity index (χ0) is 19.6. The van der Waals surface area contributed by atoms with Gasteiger partial charge in [-0.1, -0.05) is 12.1 Å². The van der Waals surface area contributed by atoms with Crippen LogP contribution in [-0.4, -0.2) is 63.6 Å². The summed E-state index contributed by atoms with van der Waals surface area (Å²) in [4.78, 5) is 25.4. The van der Waals surface area contributed by atoms with Crippen LogP contribution >= 0.6 is 0 Å². The van der Waals surface area contributed by atoms with Crippen LogP contribution in [0, 0.1) is 10.1 Å². The summed E-state index contributed by atoms with van der Waals surface area (Å²) in [5.74, 6) is 1.12. The van der Waals surface area contributed by atoms with Crippen LogP contribution in [0.3, 0.4) is 0 Å². The van der Waals surface area contributed by atoms with E-state index in [0.717, 1.165) is 11.3 Å². The monoisotopic (exact) mass is 375 g/mol. The maximum absolute atomic E-state index is 11.5. The van der Waals surface area contributed by atoms with Crippen LogP contribution in [0.5, 0.6) is 5.75 Å². The highest BCUT2D eigenvalue weighted by Gasteiger charge is 2.33. The number of methoxy groups -OCH3 is 1. The standard InChI is InChI=1S/C17H21N5O5/c1-12-10-19(17(23)24)7-8-20(12)16-15(22(25)26)9-18-21(16)11-13-3-5-14(27-2)6-4-13/h3-6,9,12H,7-8,10-11H2,1-2H3,(H,23,24)/t12-/m0/s1. The summed E-state index contributed by atoms with van der Waals surface area (Å²) in [6, 6.07) is 7.19. The molecule has 1 aromatic carbocycles. The van der Waals surface area contributed by atoms with E-state index in [0.29, 0.717) is 18.9 Å². The van der Waals surface area contributed by atoms with E-state index >= 15 is 0 Å². The summed E-state index contributed by atoms with van der Waals surface area (Å²) < 4.78 is 6.73. The molecule has 1 saturated heterocycles. The second-order valence-corrected chi connectivity index (χ2v) is 6.39. The van der Waals surface area contributed by atoms with Gasteiger partial charge in [-0.05, 0) is 24.6 Å². The minimum absolute atomic E-state index is 0.0841. The van der Waals surface area contributed by atoms with E-state index in [-0.39, 0.29) is 24.8 Å². The van der Waals surface area contributed by atoms with Crippen molar-refractivity contribution in [2.45, 2.75) is 19.5 Å². The molecule has 0 radical (unpaired) electrons. The van der Waals surface area contributed by atoms with Crippen molar-refractivity contribution in [3.05, 3.63) is 46.1 Å². The number of rotatable bonds is 5. The third-order valence-corrected chi connectivity index (χ3v) is 4.65. The van der Waals surface area contributed by atoms with Crippen molar-refractivity contribution >= 4 is 17.6 Å². The van der Waals surface area contributed by atoms with Crippen LogP contribution in [0.4, 0.5) is 16.3 Å². The molecule has 0 spiro atoms. The van der Waals surface area contributed by atoms with Crippen molar-refractivity contribution in [1.29, 1.82) is 0 Å². The quantitative estimate of drug-likeness (QED) is 0.628. The molecule has 27 heavy (non-hydrogen) atoms. The van der Waals surface area contributed by atoms with Gasteiger partial charge < -0.3 is 19.6 Å². The number of carboxylic acid groups (broad SMARTS) is 1. The molecule has 1 N–H and O–H groups in total. The molecule has 1 aliphatic heterocycles. The number of carbonyl (C=O) groups is 1. The molecule has 10 nitrogen and oxygen atoms in total. The first-order valence-electron chi connectivity index (χ1n) is 8.48. The van der Waals surface area contributed by atoms with E-state index in [1.165, 1.54) is 11.1 Å². The number of anilines is 1. The molecule has 0 bridgehead atoms. The summed E-state index contributed by atoms with van der Waals surface area (Å²) in [6.45, 7) is 3.13. The molecule has 1 aliphatic rings. The van der Waals surface area contributed by atoms with Gasteiger partial charge in [-0.15, -0.1) is 0 Å². The highest BCUT2D eigenvalue weighted by atomic mass is 16.6. The van der Waals surface area contributed by atoms with Gasteiger partial charge in [-0.3, -0.25) is 10.1 Å². The SMILES string of the molecule is COc1ccc(Cn2ncc([N+](=O)[O-])c2N2CCN(C(=O)O)C[C@@H]2C)cc1. The minimum Gasteiger partial charge on any atom is -0.497 e. The highest BCUT2D eigenvalue weighted by molar-refractivity contribution is 5.66. The summed E-state index contributed by atoms with van der Waals surface area (Å²) in [5.41, 5.74) is 0.839. The Morgan fingerprint density at radius 1 is 1.37 bits per heavy atom. The highest BCUT2D eigenvalue weighted by Crippen LogP contribution is 2.31. The molecule has 144 valence electrons. The fourth-order valence-electron chi connectivity index (χ4n) is 3.26. The largest absolute Gasteiger partial charge is 0.497 e. The first-order valence-corrected chi connectivity index (χ1v) is 8.48. The fourth-order valence-corrected chi connectivity index (χ4v) is 3.26. The van der Waals surface area contributed by atoms with Gasteiger partial charge in [0.25, 0.3) is 0 Å². The van der Waals surface area contributed by atoms with Crippen molar-refractivity contribution in [2.24, 2.45) is 0 Å². The molecule has 1 atom stereocenters. The molecule has 0 saturated carbocycles. The number of nitro groups is 1. The third-order valence-electron chi connectivity index (χ3n) is 4.65. The van der Waals surface area contributed by atoms with Crippen molar-refractivity contribution in [3.63, 3.8) is 0 Å². The van der Waals surface area contributed by atoms with Crippen LogP contribution in [-0.2, 0) is 6.54 Å². The number of hydrogen-bond donors (Lipinski definition) is 1. The zero-order valence-electron chi connectivity index (χ0n) is 15.1. The van der Waals surface area contributed by atoms with Crippen LogP contribution in [0.2, 0.25) is 0 Å². The van der Waals surface area contributed by atoms with Crippen LogP contribution in [0.15, 0.2) is 30.5 Å². The van der Waals surface area contributed by atoms with Crippen LogP contribution < -0.4 is 9.64 Å². The molecule has 0 aliphatic carbocycles. The first kappa shape index (κ1) is 18.5.